The summed E-state index contributed by atoms with van der Waals surface area (Å²) in [6, 6.07) is 2.06. The zero-order valence-corrected chi connectivity index (χ0v) is 13.9. The molecule has 1 aromatic rings. The first kappa shape index (κ1) is 16.7. The first-order valence-electron chi connectivity index (χ1n) is 8.22. The number of morpholine rings is 1. The molecule has 0 bridgehead atoms. The Morgan fingerprint density at radius 3 is 2.68 bits per heavy atom. The Balaban J connectivity index is 2.04. The fourth-order valence-corrected chi connectivity index (χ4v) is 2.69. The minimum absolute atomic E-state index is 0.0839. The van der Waals surface area contributed by atoms with Crippen molar-refractivity contribution < 1.29 is 9.53 Å². The Labute approximate surface area is 133 Å². The summed E-state index contributed by atoms with van der Waals surface area (Å²) in [4.78, 5) is 18.9. The third kappa shape index (κ3) is 4.44. The molecule has 0 atom stereocenters. The molecule has 5 heteroatoms. The Morgan fingerprint density at radius 2 is 2.05 bits per heavy atom. The molecule has 0 aromatic carbocycles. The molecule has 22 heavy (non-hydrogen) atoms. The molecule has 0 radical (unpaired) electrons. The van der Waals surface area contributed by atoms with E-state index in [0.717, 1.165) is 68.3 Å². The Morgan fingerprint density at radius 1 is 1.32 bits per heavy atom. The van der Waals surface area contributed by atoms with Gasteiger partial charge >= 0.3 is 0 Å². The molecule has 1 amide bonds. The highest BCUT2D eigenvalue weighted by Gasteiger charge is 2.16. The van der Waals surface area contributed by atoms with E-state index in [1.54, 1.807) is 0 Å². The monoisotopic (exact) mass is 305 g/mol. The third-order valence-corrected chi connectivity index (χ3v) is 3.99. The molecule has 1 aliphatic heterocycles. The number of aryl methyl sites for hydroxylation is 2. The van der Waals surface area contributed by atoms with Crippen LogP contribution in [0.25, 0.3) is 0 Å². The summed E-state index contributed by atoms with van der Waals surface area (Å²) >= 11 is 0. The molecule has 0 unspecified atom stereocenters. The van der Waals surface area contributed by atoms with E-state index in [9.17, 15) is 4.79 Å². The van der Waals surface area contributed by atoms with Crippen molar-refractivity contribution in [3.8, 4) is 0 Å². The minimum Gasteiger partial charge on any atom is -0.378 e. The van der Waals surface area contributed by atoms with Gasteiger partial charge in [0.05, 0.1) is 24.6 Å². The molecule has 2 rings (SSSR count). The molecular weight excluding hydrogens is 278 g/mol. The molecule has 0 spiro atoms. The first-order chi connectivity index (χ1) is 10.6. The quantitative estimate of drug-likeness (QED) is 0.821. The average molecular weight is 305 g/mol. The summed E-state index contributed by atoms with van der Waals surface area (Å²) in [6.07, 6.45) is 3.75. The van der Waals surface area contributed by atoms with E-state index in [4.69, 9.17) is 4.74 Å². The fraction of sp³-hybridized carbons (Fsp3) is 0.647. The number of nitrogens with zero attached hydrogens (tertiary/aromatic N) is 2. The highest BCUT2D eigenvalue weighted by molar-refractivity contribution is 5.92. The highest BCUT2D eigenvalue weighted by atomic mass is 16.5. The predicted molar refractivity (Wildman–Crippen MR) is 89.5 cm³/mol. The molecule has 5 nitrogen and oxygen atoms in total. The van der Waals surface area contributed by atoms with Crippen molar-refractivity contribution in [1.29, 1.82) is 0 Å². The summed E-state index contributed by atoms with van der Waals surface area (Å²) in [6.45, 7) is 9.36. The SMILES string of the molecule is CCCCCC(=O)Nc1c(C)cc(N2CCOCC2)nc1C. The standard InChI is InChI=1S/C17H27N3O2/c1-4-5-6-7-16(21)19-17-13(2)12-15(18-14(17)3)20-8-10-22-11-9-20/h12H,4-11H2,1-3H3,(H,19,21). The normalized spacial score (nSPS) is 15.0. The molecule has 1 saturated heterocycles. The van der Waals surface area contributed by atoms with Crippen molar-refractivity contribution in [1.82, 2.24) is 4.98 Å². The number of unbranched alkanes of at least 4 members (excludes halogenated alkanes) is 2. The van der Waals surface area contributed by atoms with Gasteiger partial charge in [-0.3, -0.25) is 4.79 Å². The van der Waals surface area contributed by atoms with Crippen LogP contribution < -0.4 is 10.2 Å². The van der Waals surface area contributed by atoms with Crippen LogP contribution in [0.2, 0.25) is 0 Å². The second-order valence-electron chi connectivity index (χ2n) is 5.86. The summed E-state index contributed by atoms with van der Waals surface area (Å²) in [5.41, 5.74) is 2.81. The number of rotatable bonds is 6. The number of ether oxygens (including phenoxy) is 1. The molecular formula is C17H27N3O2. The van der Waals surface area contributed by atoms with E-state index < -0.39 is 0 Å². The van der Waals surface area contributed by atoms with Gasteiger partial charge in [0.15, 0.2) is 0 Å². The zero-order valence-electron chi connectivity index (χ0n) is 13.9. The predicted octanol–water partition coefficient (Wildman–Crippen LogP) is 3.05. The number of carbonyl (C=O) groups excluding carboxylic acids is 1. The van der Waals surface area contributed by atoms with Crippen LogP contribution in [-0.2, 0) is 9.53 Å². The largest absolute Gasteiger partial charge is 0.378 e. The van der Waals surface area contributed by atoms with E-state index in [1.807, 2.05) is 13.8 Å². The van der Waals surface area contributed by atoms with Gasteiger partial charge in [0.2, 0.25) is 5.91 Å². The van der Waals surface area contributed by atoms with Crippen LogP contribution in [-0.4, -0.2) is 37.2 Å². The maximum atomic E-state index is 12.0. The van der Waals surface area contributed by atoms with Crippen LogP contribution in [0.5, 0.6) is 0 Å². The van der Waals surface area contributed by atoms with E-state index >= 15 is 0 Å². The van der Waals surface area contributed by atoms with Crippen molar-refractivity contribution in [2.45, 2.75) is 46.5 Å². The minimum atomic E-state index is 0.0839. The van der Waals surface area contributed by atoms with E-state index in [1.165, 1.54) is 0 Å². The van der Waals surface area contributed by atoms with Crippen LogP contribution in [0, 0.1) is 13.8 Å². The second kappa shape index (κ2) is 8.13. The van der Waals surface area contributed by atoms with Gasteiger partial charge in [0.25, 0.3) is 0 Å². The third-order valence-electron chi connectivity index (χ3n) is 3.99. The molecule has 122 valence electrons. The second-order valence-corrected chi connectivity index (χ2v) is 5.86. The molecule has 1 aromatic heterocycles. The zero-order chi connectivity index (χ0) is 15.9. The molecule has 1 N–H and O–H groups in total. The summed E-state index contributed by atoms with van der Waals surface area (Å²) in [7, 11) is 0. The molecule has 0 aliphatic carbocycles. The lowest BCUT2D eigenvalue weighted by molar-refractivity contribution is -0.116. The molecule has 0 saturated carbocycles. The number of pyridine rings is 1. The van der Waals surface area contributed by atoms with E-state index in [2.05, 4.69) is 28.2 Å². The van der Waals surface area contributed by atoms with E-state index in [0.29, 0.717) is 6.42 Å². The van der Waals surface area contributed by atoms with Gasteiger partial charge in [-0.05, 0) is 31.9 Å². The Bertz CT molecular complexity index is 488. The number of anilines is 2. The molecule has 1 aliphatic rings. The lowest BCUT2D eigenvalue weighted by Gasteiger charge is -2.28. The van der Waals surface area contributed by atoms with Crippen molar-refractivity contribution >= 4 is 17.4 Å². The number of aromatic nitrogens is 1. The van der Waals surface area contributed by atoms with Gasteiger partial charge < -0.3 is 15.0 Å². The van der Waals surface area contributed by atoms with Crippen molar-refractivity contribution in [3.05, 3.63) is 17.3 Å². The number of carbonyl (C=O) groups is 1. The highest BCUT2D eigenvalue weighted by Crippen LogP contribution is 2.24. The fourth-order valence-electron chi connectivity index (χ4n) is 2.69. The van der Waals surface area contributed by atoms with Crippen molar-refractivity contribution in [2.24, 2.45) is 0 Å². The maximum Gasteiger partial charge on any atom is 0.224 e. The van der Waals surface area contributed by atoms with Crippen LogP contribution >= 0.6 is 0 Å². The smallest absolute Gasteiger partial charge is 0.224 e. The van der Waals surface area contributed by atoms with Gasteiger partial charge in [-0.25, -0.2) is 4.98 Å². The Kier molecular flexibility index (Phi) is 6.19. The topological polar surface area (TPSA) is 54.5 Å². The number of nitrogens with one attached hydrogen (secondary N) is 1. The maximum absolute atomic E-state index is 12.0. The Hall–Kier alpha value is -1.62. The van der Waals surface area contributed by atoms with Gasteiger partial charge in [-0.2, -0.15) is 0 Å². The lowest BCUT2D eigenvalue weighted by atomic mass is 10.1. The van der Waals surface area contributed by atoms with Crippen LogP contribution in [0.3, 0.4) is 0 Å². The van der Waals surface area contributed by atoms with Gasteiger partial charge in [-0.15, -0.1) is 0 Å². The number of hydrogen-bond acceptors (Lipinski definition) is 4. The number of amides is 1. The summed E-state index contributed by atoms with van der Waals surface area (Å²) < 4.78 is 5.38. The molecule has 1 fully saturated rings. The van der Waals surface area contributed by atoms with Crippen LogP contribution in [0.15, 0.2) is 6.07 Å². The lowest BCUT2D eigenvalue weighted by Crippen LogP contribution is -2.37. The van der Waals surface area contributed by atoms with E-state index in [-0.39, 0.29) is 5.91 Å². The van der Waals surface area contributed by atoms with Gasteiger partial charge in [0, 0.05) is 19.5 Å². The molecule has 2 heterocycles. The first-order valence-corrected chi connectivity index (χ1v) is 8.22. The number of hydrogen-bond donors (Lipinski definition) is 1. The summed E-state index contributed by atoms with van der Waals surface area (Å²) in [5, 5.41) is 3.02. The van der Waals surface area contributed by atoms with Crippen LogP contribution in [0.1, 0.15) is 43.9 Å². The van der Waals surface area contributed by atoms with Gasteiger partial charge in [0.1, 0.15) is 5.82 Å². The summed E-state index contributed by atoms with van der Waals surface area (Å²) in [5.74, 6) is 1.06. The van der Waals surface area contributed by atoms with Crippen molar-refractivity contribution in [3.63, 3.8) is 0 Å². The van der Waals surface area contributed by atoms with Gasteiger partial charge in [-0.1, -0.05) is 19.8 Å². The average Bonchev–Trinajstić information content (AvgIpc) is 2.52. The van der Waals surface area contributed by atoms with Crippen LogP contribution in [0.4, 0.5) is 11.5 Å². The van der Waals surface area contributed by atoms with Crippen molar-refractivity contribution in [2.75, 3.05) is 36.5 Å².